The largest absolute Gasteiger partial charge is 0.511 e. The molecule has 2 unspecified atom stereocenters. The monoisotopic (exact) mass is 378 g/mol. The Balaban J connectivity index is 1.45. The molecule has 2 aromatic carbocycles. The summed E-state index contributed by atoms with van der Waals surface area (Å²) in [4.78, 5) is 17.0. The zero-order chi connectivity index (χ0) is 19.5. The maximum atomic E-state index is 13.1. The second kappa shape index (κ2) is 8.07. The number of nitrogens with zero attached hydrogens (tertiary/aromatic N) is 1. The van der Waals surface area contributed by atoms with E-state index in [2.05, 4.69) is 22.4 Å². The number of nitrogens with one attached hydrogen (secondary N) is 1. The first-order valence-electron chi connectivity index (χ1n) is 9.63. The van der Waals surface area contributed by atoms with Crippen LogP contribution in [0.15, 0.2) is 64.9 Å². The van der Waals surface area contributed by atoms with Crippen LogP contribution in [-0.4, -0.2) is 30.2 Å². The number of aliphatic hydroxyl groups excluding tert-OH is 1. The molecule has 4 nitrogen and oxygen atoms in total. The molecule has 144 valence electrons. The molecular weight excluding hydrogens is 355 g/mol. The van der Waals surface area contributed by atoms with Gasteiger partial charge in [0, 0.05) is 19.1 Å². The van der Waals surface area contributed by atoms with Crippen molar-refractivity contribution in [1.82, 2.24) is 5.32 Å². The number of benzene rings is 2. The van der Waals surface area contributed by atoms with Gasteiger partial charge in [-0.3, -0.25) is 9.79 Å². The zero-order valence-corrected chi connectivity index (χ0v) is 15.6. The standard InChI is InChI=1S/C23H23FN2O2/c24-18-7-5-15(6-8-18)17-11-22(27)20(23(28)12-17)13-25-14-21-19-4-2-1-3-16(19)9-10-26-21/h1-8,13,17,21,26-27H,9-12,14H2. The third-order valence-electron chi connectivity index (χ3n) is 5.55. The minimum atomic E-state index is -0.309. The summed E-state index contributed by atoms with van der Waals surface area (Å²) >= 11 is 0. The van der Waals surface area contributed by atoms with Crippen molar-refractivity contribution in [3.05, 3.63) is 82.4 Å². The number of carbonyl (C=O) groups excluding carboxylic acids is 1. The summed E-state index contributed by atoms with van der Waals surface area (Å²) < 4.78 is 13.1. The fraction of sp³-hybridized carbons (Fsp3) is 0.304. The van der Waals surface area contributed by atoms with Gasteiger partial charge in [-0.05, 0) is 47.7 Å². The van der Waals surface area contributed by atoms with Gasteiger partial charge in [0.1, 0.15) is 11.6 Å². The van der Waals surface area contributed by atoms with Crippen molar-refractivity contribution in [1.29, 1.82) is 0 Å². The molecule has 0 saturated carbocycles. The summed E-state index contributed by atoms with van der Waals surface area (Å²) in [6, 6.07) is 14.5. The zero-order valence-electron chi connectivity index (χ0n) is 15.6. The topological polar surface area (TPSA) is 61.7 Å². The molecule has 1 aliphatic carbocycles. The average Bonchev–Trinajstić information content (AvgIpc) is 2.70. The van der Waals surface area contributed by atoms with E-state index >= 15 is 0 Å². The van der Waals surface area contributed by atoms with Crippen molar-refractivity contribution in [3.8, 4) is 0 Å². The van der Waals surface area contributed by atoms with E-state index in [4.69, 9.17) is 0 Å². The van der Waals surface area contributed by atoms with Gasteiger partial charge in [-0.25, -0.2) is 4.39 Å². The predicted octanol–water partition coefficient (Wildman–Crippen LogP) is 4.04. The number of rotatable bonds is 4. The lowest BCUT2D eigenvalue weighted by Gasteiger charge is -2.26. The van der Waals surface area contributed by atoms with Gasteiger partial charge in [-0.2, -0.15) is 0 Å². The molecule has 0 spiro atoms. The van der Waals surface area contributed by atoms with E-state index in [0.29, 0.717) is 25.0 Å². The Bertz CT molecular complexity index is 934. The first kappa shape index (κ1) is 18.6. The van der Waals surface area contributed by atoms with Gasteiger partial charge < -0.3 is 10.4 Å². The van der Waals surface area contributed by atoms with E-state index in [0.717, 1.165) is 18.5 Å². The van der Waals surface area contributed by atoms with Crippen molar-refractivity contribution >= 4 is 12.0 Å². The third kappa shape index (κ3) is 3.90. The van der Waals surface area contributed by atoms with Crippen molar-refractivity contribution in [2.24, 2.45) is 4.99 Å². The number of allylic oxidation sites excluding steroid dienone is 2. The molecule has 2 aromatic rings. The van der Waals surface area contributed by atoms with Crippen molar-refractivity contribution in [3.63, 3.8) is 0 Å². The Morgan fingerprint density at radius 1 is 1.14 bits per heavy atom. The van der Waals surface area contributed by atoms with Crippen LogP contribution in [0, 0.1) is 5.82 Å². The molecule has 0 fully saturated rings. The van der Waals surface area contributed by atoms with E-state index in [9.17, 15) is 14.3 Å². The van der Waals surface area contributed by atoms with Crippen LogP contribution in [0.1, 0.15) is 41.5 Å². The summed E-state index contributed by atoms with van der Waals surface area (Å²) in [5, 5.41) is 13.9. The summed E-state index contributed by atoms with van der Waals surface area (Å²) in [7, 11) is 0. The second-order valence-electron chi connectivity index (χ2n) is 7.39. The molecule has 0 amide bonds. The van der Waals surface area contributed by atoms with Crippen LogP contribution in [-0.2, 0) is 11.2 Å². The van der Waals surface area contributed by atoms with Crippen molar-refractivity contribution in [2.45, 2.75) is 31.2 Å². The molecule has 0 aromatic heterocycles. The number of fused-ring (bicyclic) bond motifs is 1. The minimum absolute atomic E-state index is 0.0614. The highest BCUT2D eigenvalue weighted by molar-refractivity contribution is 6.14. The van der Waals surface area contributed by atoms with Gasteiger partial charge in [0.15, 0.2) is 5.78 Å². The molecule has 0 saturated heterocycles. The molecule has 2 aliphatic rings. The smallest absolute Gasteiger partial charge is 0.168 e. The minimum Gasteiger partial charge on any atom is -0.511 e. The van der Waals surface area contributed by atoms with E-state index < -0.39 is 0 Å². The summed E-state index contributed by atoms with van der Waals surface area (Å²) in [6.07, 6.45) is 3.17. The van der Waals surface area contributed by atoms with Crippen LogP contribution < -0.4 is 5.32 Å². The molecule has 5 heteroatoms. The first-order valence-corrected chi connectivity index (χ1v) is 9.63. The van der Waals surface area contributed by atoms with E-state index in [1.165, 1.54) is 29.5 Å². The second-order valence-corrected chi connectivity index (χ2v) is 7.39. The number of carbonyl (C=O) groups is 1. The lowest BCUT2D eigenvalue weighted by Crippen LogP contribution is -2.31. The number of hydrogen-bond acceptors (Lipinski definition) is 4. The number of Topliss-reactive ketones (excluding diaryl/α,β-unsaturated/α-hetero) is 1. The Morgan fingerprint density at radius 2 is 1.93 bits per heavy atom. The number of hydrogen-bond donors (Lipinski definition) is 2. The number of halogens is 1. The molecular formula is C23H23FN2O2. The number of ketones is 1. The fourth-order valence-electron chi connectivity index (χ4n) is 4.03. The molecule has 1 aliphatic heterocycles. The summed E-state index contributed by atoms with van der Waals surface area (Å²) in [5.74, 6) is -0.501. The van der Waals surface area contributed by atoms with Gasteiger partial charge in [0.05, 0.1) is 18.2 Å². The van der Waals surface area contributed by atoms with Crippen LogP contribution in [0.25, 0.3) is 0 Å². The van der Waals surface area contributed by atoms with Gasteiger partial charge in [0.25, 0.3) is 0 Å². The van der Waals surface area contributed by atoms with Crippen LogP contribution in [0.2, 0.25) is 0 Å². The molecule has 2 N–H and O–H groups in total. The highest BCUT2D eigenvalue weighted by atomic mass is 19.1. The quantitative estimate of drug-likeness (QED) is 0.790. The molecule has 0 bridgehead atoms. The first-order chi connectivity index (χ1) is 13.6. The van der Waals surface area contributed by atoms with Gasteiger partial charge >= 0.3 is 0 Å². The Morgan fingerprint density at radius 3 is 2.71 bits per heavy atom. The SMILES string of the molecule is O=C1CC(c2ccc(F)cc2)CC(O)=C1C=NCC1NCCc2ccccc21. The van der Waals surface area contributed by atoms with Crippen LogP contribution in [0.3, 0.4) is 0 Å². The highest BCUT2D eigenvalue weighted by Gasteiger charge is 2.28. The Kier molecular flexibility index (Phi) is 5.35. The number of aliphatic hydroxyl groups is 1. The van der Waals surface area contributed by atoms with Crippen molar-refractivity contribution < 1.29 is 14.3 Å². The van der Waals surface area contributed by atoms with Crippen LogP contribution >= 0.6 is 0 Å². The van der Waals surface area contributed by atoms with Gasteiger partial charge in [0.2, 0.25) is 0 Å². The maximum Gasteiger partial charge on any atom is 0.168 e. The molecule has 0 radical (unpaired) electrons. The fourth-order valence-corrected chi connectivity index (χ4v) is 4.03. The van der Waals surface area contributed by atoms with Gasteiger partial charge in [-0.15, -0.1) is 0 Å². The van der Waals surface area contributed by atoms with E-state index in [1.807, 2.05) is 12.1 Å². The lowest BCUT2D eigenvalue weighted by molar-refractivity contribution is -0.116. The van der Waals surface area contributed by atoms with E-state index in [1.54, 1.807) is 12.1 Å². The highest BCUT2D eigenvalue weighted by Crippen LogP contribution is 2.33. The average molecular weight is 378 g/mol. The van der Waals surface area contributed by atoms with Gasteiger partial charge in [-0.1, -0.05) is 36.4 Å². The number of aliphatic imine (C=N–C) groups is 1. The molecule has 28 heavy (non-hydrogen) atoms. The molecule has 1 heterocycles. The van der Waals surface area contributed by atoms with Crippen LogP contribution in [0.5, 0.6) is 0 Å². The summed E-state index contributed by atoms with van der Waals surface area (Å²) in [5.41, 5.74) is 3.73. The Hall–Kier alpha value is -2.79. The van der Waals surface area contributed by atoms with Crippen molar-refractivity contribution in [2.75, 3.05) is 13.1 Å². The summed E-state index contributed by atoms with van der Waals surface area (Å²) in [6.45, 7) is 1.42. The van der Waals surface area contributed by atoms with E-state index in [-0.39, 0.29) is 29.3 Å². The third-order valence-corrected chi connectivity index (χ3v) is 5.55. The normalized spacial score (nSPS) is 22.5. The molecule has 4 rings (SSSR count). The van der Waals surface area contributed by atoms with Crippen LogP contribution in [0.4, 0.5) is 4.39 Å². The lowest BCUT2D eigenvalue weighted by atomic mass is 9.83. The molecule has 2 atom stereocenters. The Labute approximate surface area is 163 Å². The predicted molar refractivity (Wildman–Crippen MR) is 107 cm³/mol. The maximum absolute atomic E-state index is 13.1.